The summed E-state index contributed by atoms with van der Waals surface area (Å²) >= 11 is 5.28. The lowest BCUT2D eigenvalue weighted by atomic mass is 10.2. The van der Waals surface area contributed by atoms with Crippen LogP contribution in [0.25, 0.3) is 0 Å². The number of thioether (sulfide) groups is 1. The summed E-state index contributed by atoms with van der Waals surface area (Å²) in [4.78, 5) is 5.81. The minimum absolute atomic E-state index is 0.973. The van der Waals surface area contributed by atoms with E-state index in [0.29, 0.717) is 0 Å². The summed E-state index contributed by atoms with van der Waals surface area (Å²) < 4.78 is 1.08. The maximum atomic E-state index is 4.52. The Balaban J connectivity index is 1.59. The Kier molecular flexibility index (Phi) is 5.67. The van der Waals surface area contributed by atoms with Gasteiger partial charge in [0.1, 0.15) is 0 Å². The zero-order valence-corrected chi connectivity index (χ0v) is 14.9. The first-order chi connectivity index (χ1) is 11.3. The zero-order valence-electron chi connectivity index (χ0n) is 12.5. The molecule has 0 atom stereocenters. The molecule has 1 nitrogen and oxygen atoms in total. The summed E-state index contributed by atoms with van der Waals surface area (Å²) in [5.41, 5.74) is 3.37. The molecule has 23 heavy (non-hydrogen) atoms. The number of aliphatic imine (C=N–C) groups is 1. The van der Waals surface area contributed by atoms with Crippen molar-refractivity contribution in [2.45, 2.75) is 10.6 Å². The van der Waals surface area contributed by atoms with Gasteiger partial charge in [-0.25, -0.2) is 0 Å². The van der Waals surface area contributed by atoms with Crippen molar-refractivity contribution in [2.75, 3.05) is 0 Å². The van der Waals surface area contributed by atoms with Gasteiger partial charge in [0, 0.05) is 21.3 Å². The molecule has 0 radical (unpaired) electrons. The largest absolute Gasteiger partial charge is 0.256 e. The highest BCUT2D eigenvalue weighted by atomic mass is 79.9. The minimum atomic E-state index is 0.973. The fraction of sp³-hybridized carbons (Fsp3) is 0.0500. The second kappa shape index (κ2) is 8.14. The summed E-state index contributed by atoms with van der Waals surface area (Å²) in [5, 5.41) is 0. The van der Waals surface area contributed by atoms with Crippen molar-refractivity contribution in [3.63, 3.8) is 0 Å². The van der Waals surface area contributed by atoms with Crippen molar-refractivity contribution < 1.29 is 0 Å². The van der Waals surface area contributed by atoms with Crippen molar-refractivity contribution in [2.24, 2.45) is 4.99 Å². The predicted molar refractivity (Wildman–Crippen MR) is 104 cm³/mol. The van der Waals surface area contributed by atoms with E-state index in [9.17, 15) is 0 Å². The van der Waals surface area contributed by atoms with Crippen LogP contribution in [0.15, 0.2) is 93.2 Å². The van der Waals surface area contributed by atoms with Gasteiger partial charge in [0.25, 0.3) is 0 Å². The Morgan fingerprint density at radius 1 is 0.826 bits per heavy atom. The molecule has 3 rings (SSSR count). The van der Waals surface area contributed by atoms with Crippen LogP contribution in [0, 0.1) is 0 Å². The van der Waals surface area contributed by atoms with E-state index in [2.05, 4.69) is 69.5 Å². The van der Waals surface area contributed by atoms with Crippen molar-refractivity contribution in [1.82, 2.24) is 0 Å². The van der Waals surface area contributed by atoms with E-state index in [0.717, 1.165) is 21.5 Å². The smallest absolute Gasteiger partial charge is 0.0630 e. The van der Waals surface area contributed by atoms with Crippen LogP contribution in [-0.4, -0.2) is 6.21 Å². The highest BCUT2D eigenvalue weighted by Crippen LogP contribution is 2.23. The lowest BCUT2D eigenvalue weighted by Crippen LogP contribution is -1.81. The van der Waals surface area contributed by atoms with Gasteiger partial charge in [-0.3, -0.25) is 4.99 Å². The molecule has 0 aromatic heterocycles. The van der Waals surface area contributed by atoms with Crippen LogP contribution < -0.4 is 0 Å². The molecule has 3 aromatic rings. The summed E-state index contributed by atoms with van der Waals surface area (Å²) in [5.74, 6) is 0.973. The number of rotatable bonds is 5. The average Bonchev–Trinajstić information content (AvgIpc) is 2.61. The van der Waals surface area contributed by atoms with Crippen molar-refractivity contribution in [3.05, 3.63) is 94.5 Å². The maximum Gasteiger partial charge on any atom is 0.0630 e. The molecule has 0 saturated heterocycles. The fourth-order valence-corrected chi connectivity index (χ4v) is 3.20. The first kappa shape index (κ1) is 16.0. The Morgan fingerprint density at radius 2 is 1.52 bits per heavy atom. The van der Waals surface area contributed by atoms with Gasteiger partial charge >= 0.3 is 0 Å². The van der Waals surface area contributed by atoms with Crippen LogP contribution in [0.1, 0.15) is 11.1 Å². The van der Waals surface area contributed by atoms with Gasteiger partial charge < -0.3 is 0 Å². The fourth-order valence-electron chi connectivity index (χ4n) is 2.06. The quantitative estimate of drug-likeness (QED) is 0.363. The second-order valence-electron chi connectivity index (χ2n) is 5.08. The standard InChI is InChI=1S/C20H16BrNS/c21-18-10-6-16(7-11-18)14-22-19-12-8-17(9-13-19)15-23-20-4-2-1-3-5-20/h1-14H,15H2. The van der Waals surface area contributed by atoms with E-state index in [1.165, 1.54) is 10.5 Å². The molecule has 0 heterocycles. The predicted octanol–water partition coefficient (Wildman–Crippen LogP) is 6.49. The molecule has 3 heteroatoms. The Hall–Kier alpha value is -1.84. The number of halogens is 1. The normalized spacial score (nSPS) is 11.0. The molecule has 114 valence electrons. The van der Waals surface area contributed by atoms with E-state index in [1.807, 2.05) is 48.3 Å². The third-order valence-corrected chi connectivity index (χ3v) is 4.93. The van der Waals surface area contributed by atoms with E-state index in [1.54, 1.807) is 0 Å². The van der Waals surface area contributed by atoms with Crippen molar-refractivity contribution in [3.8, 4) is 0 Å². The highest BCUT2D eigenvalue weighted by molar-refractivity contribution is 9.10. The molecule has 0 unspecified atom stereocenters. The van der Waals surface area contributed by atoms with Crippen LogP contribution in [0.3, 0.4) is 0 Å². The Labute approximate surface area is 149 Å². The topological polar surface area (TPSA) is 12.4 Å². The van der Waals surface area contributed by atoms with Crippen LogP contribution in [0.2, 0.25) is 0 Å². The Bertz CT molecular complexity index is 765. The summed E-state index contributed by atoms with van der Waals surface area (Å²) in [7, 11) is 0. The molecule has 0 aliphatic rings. The molecule has 0 saturated carbocycles. The monoisotopic (exact) mass is 381 g/mol. The molecule has 0 aliphatic carbocycles. The van der Waals surface area contributed by atoms with Gasteiger partial charge in [0.2, 0.25) is 0 Å². The molecule has 3 aromatic carbocycles. The van der Waals surface area contributed by atoms with Gasteiger partial charge in [-0.05, 0) is 47.5 Å². The second-order valence-corrected chi connectivity index (χ2v) is 7.04. The zero-order chi connectivity index (χ0) is 15.9. The molecule has 0 fully saturated rings. The molecule has 0 bridgehead atoms. The lowest BCUT2D eigenvalue weighted by molar-refractivity contribution is 1.37. The number of nitrogens with zero attached hydrogens (tertiary/aromatic N) is 1. The van der Waals surface area contributed by atoms with Crippen LogP contribution in [0.4, 0.5) is 5.69 Å². The highest BCUT2D eigenvalue weighted by Gasteiger charge is 1.96. The van der Waals surface area contributed by atoms with E-state index < -0.39 is 0 Å². The third kappa shape index (κ3) is 5.08. The van der Waals surface area contributed by atoms with Gasteiger partial charge in [0.05, 0.1) is 5.69 Å². The number of hydrogen-bond acceptors (Lipinski definition) is 2. The van der Waals surface area contributed by atoms with Crippen LogP contribution in [0.5, 0.6) is 0 Å². The molecule has 0 amide bonds. The Morgan fingerprint density at radius 3 is 2.22 bits per heavy atom. The lowest BCUT2D eigenvalue weighted by Gasteiger charge is -2.02. The first-order valence-electron chi connectivity index (χ1n) is 7.36. The van der Waals surface area contributed by atoms with Crippen LogP contribution in [-0.2, 0) is 5.75 Å². The van der Waals surface area contributed by atoms with E-state index in [4.69, 9.17) is 0 Å². The van der Waals surface area contributed by atoms with Gasteiger partial charge in [-0.15, -0.1) is 11.8 Å². The summed E-state index contributed by atoms with van der Waals surface area (Å²) in [6.45, 7) is 0. The van der Waals surface area contributed by atoms with Gasteiger partial charge in [-0.2, -0.15) is 0 Å². The van der Waals surface area contributed by atoms with Crippen LogP contribution >= 0.6 is 27.7 Å². The SMILES string of the molecule is Brc1ccc(C=Nc2ccc(CSc3ccccc3)cc2)cc1. The van der Waals surface area contributed by atoms with Gasteiger partial charge in [0.15, 0.2) is 0 Å². The van der Waals surface area contributed by atoms with Gasteiger partial charge in [-0.1, -0.05) is 58.4 Å². The third-order valence-electron chi connectivity index (χ3n) is 3.32. The average molecular weight is 382 g/mol. The van der Waals surface area contributed by atoms with Crippen molar-refractivity contribution >= 4 is 39.6 Å². The summed E-state index contributed by atoms with van der Waals surface area (Å²) in [6, 6.07) is 27.0. The van der Waals surface area contributed by atoms with Crippen molar-refractivity contribution in [1.29, 1.82) is 0 Å². The molecular weight excluding hydrogens is 366 g/mol. The van der Waals surface area contributed by atoms with E-state index >= 15 is 0 Å². The molecular formula is C20H16BrNS. The summed E-state index contributed by atoms with van der Waals surface area (Å²) in [6.07, 6.45) is 1.89. The van der Waals surface area contributed by atoms with E-state index in [-0.39, 0.29) is 0 Å². The number of hydrogen-bond donors (Lipinski definition) is 0. The molecule has 0 aliphatic heterocycles. The first-order valence-corrected chi connectivity index (χ1v) is 9.14. The molecule has 0 N–H and O–H groups in total. The molecule has 0 spiro atoms. The maximum absolute atomic E-state index is 4.52. The number of benzene rings is 3. The minimum Gasteiger partial charge on any atom is -0.256 e.